The predicted octanol–water partition coefficient (Wildman–Crippen LogP) is 4.25. The lowest BCUT2D eigenvalue weighted by Crippen LogP contribution is -2.32. The maximum Gasteiger partial charge on any atom is 0.263 e. The lowest BCUT2D eigenvalue weighted by molar-refractivity contribution is 0.0941. The van der Waals surface area contributed by atoms with E-state index < -0.39 is 0 Å². The van der Waals surface area contributed by atoms with Crippen molar-refractivity contribution in [1.82, 2.24) is 10.3 Å². The molecule has 4 nitrogen and oxygen atoms in total. The first-order chi connectivity index (χ1) is 10.5. The minimum atomic E-state index is -0.286. The van der Waals surface area contributed by atoms with Crippen LogP contribution in [0.25, 0.3) is 0 Å². The van der Waals surface area contributed by atoms with Gasteiger partial charge >= 0.3 is 0 Å². The second kappa shape index (κ2) is 7.35. The number of rotatable bonds is 6. The molecule has 0 fully saturated rings. The number of thiazole rings is 1. The Balaban J connectivity index is 2.07. The zero-order valence-electron chi connectivity index (χ0n) is 12.9. The van der Waals surface area contributed by atoms with Gasteiger partial charge in [-0.25, -0.2) is 9.37 Å². The molecule has 0 saturated carbocycles. The van der Waals surface area contributed by atoms with E-state index in [4.69, 9.17) is 0 Å². The smallest absolute Gasteiger partial charge is 0.263 e. The molecule has 0 aliphatic carbocycles. The lowest BCUT2D eigenvalue weighted by atomic mass is 10.2. The van der Waals surface area contributed by atoms with E-state index in [1.807, 2.05) is 13.8 Å². The van der Waals surface area contributed by atoms with Crippen LogP contribution in [0.4, 0.5) is 15.2 Å². The third kappa shape index (κ3) is 4.27. The van der Waals surface area contributed by atoms with E-state index in [0.717, 1.165) is 18.5 Å². The molecule has 1 unspecified atom stereocenters. The van der Waals surface area contributed by atoms with Gasteiger partial charge in [-0.1, -0.05) is 24.7 Å². The molecule has 0 aliphatic rings. The normalized spacial score (nSPS) is 12.0. The Morgan fingerprint density at radius 1 is 1.36 bits per heavy atom. The summed E-state index contributed by atoms with van der Waals surface area (Å²) in [5, 5.41) is 6.69. The second-order valence-corrected chi connectivity index (χ2v) is 6.23. The number of carbonyl (C=O) groups is 1. The van der Waals surface area contributed by atoms with Gasteiger partial charge in [0.15, 0.2) is 5.13 Å². The van der Waals surface area contributed by atoms with Crippen LogP contribution in [0, 0.1) is 12.7 Å². The van der Waals surface area contributed by atoms with Crippen LogP contribution in [0.3, 0.4) is 0 Å². The van der Waals surface area contributed by atoms with E-state index in [-0.39, 0.29) is 17.8 Å². The summed E-state index contributed by atoms with van der Waals surface area (Å²) in [6.45, 7) is 5.90. The van der Waals surface area contributed by atoms with Crippen LogP contribution >= 0.6 is 11.3 Å². The number of anilines is 2. The molecule has 2 aromatic rings. The molecule has 2 rings (SSSR count). The zero-order chi connectivity index (χ0) is 16.1. The molecule has 0 radical (unpaired) electrons. The van der Waals surface area contributed by atoms with E-state index in [1.54, 1.807) is 12.1 Å². The van der Waals surface area contributed by atoms with Crippen molar-refractivity contribution in [2.45, 2.75) is 39.7 Å². The summed E-state index contributed by atoms with van der Waals surface area (Å²) in [6.07, 6.45) is 1.98. The van der Waals surface area contributed by atoms with Crippen LogP contribution in [-0.4, -0.2) is 16.9 Å². The van der Waals surface area contributed by atoms with Gasteiger partial charge in [-0.15, -0.1) is 0 Å². The van der Waals surface area contributed by atoms with E-state index >= 15 is 0 Å². The molecule has 0 bridgehead atoms. The van der Waals surface area contributed by atoms with E-state index in [2.05, 4.69) is 22.5 Å². The Labute approximate surface area is 133 Å². The highest BCUT2D eigenvalue weighted by Crippen LogP contribution is 2.26. The Morgan fingerprint density at radius 3 is 2.68 bits per heavy atom. The Morgan fingerprint density at radius 2 is 2.05 bits per heavy atom. The molecule has 1 amide bonds. The third-order valence-corrected chi connectivity index (χ3v) is 4.27. The van der Waals surface area contributed by atoms with Gasteiger partial charge < -0.3 is 10.6 Å². The fraction of sp³-hybridized carbons (Fsp3) is 0.375. The number of halogens is 1. The Hall–Kier alpha value is -1.95. The molecule has 0 spiro atoms. The van der Waals surface area contributed by atoms with Crippen molar-refractivity contribution in [3.05, 3.63) is 40.7 Å². The third-order valence-electron chi connectivity index (χ3n) is 3.20. The van der Waals surface area contributed by atoms with E-state index in [0.29, 0.717) is 15.7 Å². The van der Waals surface area contributed by atoms with Gasteiger partial charge in [0.05, 0.1) is 5.69 Å². The summed E-state index contributed by atoms with van der Waals surface area (Å²) >= 11 is 1.30. The number of hydrogen-bond donors (Lipinski definition) is 2. The number of nitrogens with one attached hydrogen (secondary N) is 2. The number of hydrogen-bond acceptors (Lipinski definition) is 4. The van der Waals surface area contributed by atoms with Gasteiger partial charge in [0.2, 0.25) is 0 Å². The number of aromatic nitrogens is 1. The van der Waals surface area contributed by atoms with Crippen molar-refractivity contribution in [3.8, 4) is 0 Å². The molecule has 1 heterocycles. The average molecular weight is 321 g/mol. The molecular weight excluding hydrogens is 301 g/mol. The topological polar surface area (TPSA) is 54.0 Å². The maximum absolute atomic E-state index is 12.9. The van der Waals surface area contributed by atoms with Crippen LogP contribution < -0.4 is 10.6 Å². The van der Waals surface area contributed by atoms with Crippen LogP contribution in [0.5, 0.6) is 0 Å². The first-order valence-corrected chi connectivity index (χ1v) is 8.12. The number of carbonyl (C=O) groups excluding carboxylic acids is 1. The predicted molar refractivity (Wildman–Crippen MR) is 88.4 cm³/mol. The summed E-state index contributed by atoms with van der Waals surface area (Å²) in [5.74, 6) is -0.381. The maximum atomic E-state index is 12.9. The van der Waals surface area contributed by atoms with Crippen LogP contribution in [0.1, 0.15) is 42.1 Å². The van der Waals surface area contributed by atoms with E-state index in [9.17, 15) is 9.18 Å². The Bertz CT molecular complexity index is 639. The first-order valence-electron chi connectivity index (χ1n) is 7.30. The minimum absolute atomic E-state index is 0.0943. The van der Waals surface area contributed by atoms with Crippen molar-refractivity contribution < 1.29 is 9.18 Å². The van der Waals surface area contributed by atoms with Crippen molar-refractivity contribution >= 4 is 28.1 Å². The average Bonchev–Trinajstić information content (AvgIpc) is 2.82. The molecule has 1 aromatic carbocycles. The molecule has 1 aromatic heterocycles. The quantitative estimate of drug-likeness (QED) is 0.836. The van der Waals surface area contributed by atoms with Gasteiger partial charge in [0.25, 0.3) is 5.91 Å². The Kier molecular flexibility index (Phi) is 5.49. The van der Waals surface area contributed by atoms with Gasteiger partial charge in [0.1, 0.15) is 10.7 Å². The summed E-state index contributed by atoms with van der Waals surface area (Å²) in [7, 11) is 0. The fourth-order valence-corrected chi connectivity index (χ4v) is 3.00. The van der Waals surface area contributed by atoms with Crippen LogP contribution in [-0.2, 0) is 0 Å². The van der Waals surface area contributed by atoms with Crippen molar-refractivity contribution in [3.63, 3.8) is 0 Å². The molecule has 2 N–H and O–H groups in total. The van der Waals surface area contributed by atoms with Crippen LogP contribution in [0.15, 0.2) is 24.3 Å². The number of amides is 1. The molecular formula is C16H20FN3OS. The minimum Gasteiger partial charge on any atom is -0.349 e. The number of benzene rings is 1. The fourth-order valence-electron chi connectivity index (χ4n) is 2.11. The number of nitrogens with zero attached hydrogens (tertiary/aromatic N) is 1. The second-order valence-electron chi connectivity index (χ2n) is 5.23. The van der Waals surface area contributed by atoms with Gasteiger partial charge in [-0.3, -0.25) is 4.79 Å². The summed E-state index contributed by atoms with van der Waals surface area (Å²) in [5.41, 5.74) is 1.43. The first kappa shape index (κ1) is 16.4. The molecule has 0 aliphatic heterocycles. The summed E-state index contributed by atoms with van der Waals surface area (Å²) < 4.78 is 12.9. The van der Waals surface area contributed by atoms with Gasteiger partial charge in [0, 0.05) is 11.7 Å². The SMILES string of the molecule is CCCC(C)NC(=O)c1sc(Nc2ccc(F)cc2)nc1C. The highest BCUT2D eigenvalue weighted by atomic mass is 32.1. The largest absolute Gasteiger partial charge is 0.349 e. The highest BCUT2D eigenvalue weighted by molar-refractivity contribution is 7.17. The van der Waals surface area contributed by atoms with Crippen molar-refractivity contribution in [2.75, 3.05) is 5.32 Å². The van der Waals surface area contributed by atoms with Gasteiger partial charge in [-0.2, -0.15) is 0 Å². The molecule has 1 atom stereocenters. The zero-order valence-corrected chi connectivity index (χ0v) is 13.8. The molecule has 118 valence electrons. The molecule has 6 heteroatoms. The highest BCUT2D eigenvalue weighted by Gasteiger charge is 2.17. The molecule has 22 heavy (non-hydrogen) atoms. The lowest BCUT2D eigenvalue weighted by Gasteiger charge is -2.11. The van der Waals surface area contributed by atoms with Crippen molar-refractivity contribution in [1.29, 1.82) is 0 Å². The van der Waals surface area contributed by atoms with E-state index in [1.165, 1.54) is 23.5 Å². The summed E-state index contributed by atoms with van der Waals surface area (Å²) in [6, 6.07) is 6.17. The monoisotopic (exact) mass is 321 g/mol. The molecule has 0 saturated heterocycles. The number of aryl methyl sites for hydroxylation is 1. The van der Waals surface area contributed by atoms with Crippen molar-refractivity contribution in [2.24, 2.45) is 0 Å². The summed E-state index contributed by atoms with van der Waals surface area (Å²) in [4.78, 5) is 17.2. The standard InChI is InChI=1S/C16H20FN3OS/c1-4-5-10(2)18-15(21)14-11(3)19-16(22-14)20-13-8-6-12(17)7-9-13/h6-10H,4-5H2,1-3H3,(H,18,21)(H,19,20). The van der Waals surface area contributed by atoms with Crippen LogP contribution in [0.2, 0.25) is 0 Å². The van der Waals surface area contributed by atoms with Gasteiger partial charge in [-0.05, 0) is 44.5 Å².